The summed E-state index contributed by atoms with van der Waals surface area (Å²) in [4.78, 5) is 13.8. The maximum absolute atomic E-state index is 11.1. The number of nitrogens with one attached hydrogen (secondary N) is 1. The molecule has 1 heterocycles. The normalized spacial score (nSPS) is 12.7. The Morgan fingerprint density at radius 3 is 2.90 bits per heavy atom. The highest BCUT2D eigenvalue weighted by Crippen LogP contribution is 2.27. The van der Waals surface area contributed by atoms with Gasteiger partial charge in [0, 0.05) is 0 Å². The van der Waals surface area contributed by atoms with Gasteiger partial charge in [-0.1, -0.05) is 35.9 Å². The van der Waals surface area contributed by atoms with Crippen molar-refractivity contribution in [3.8, 4) is 0 Å². The maximum atomic E-state index is 11.1. The Hall–Kier alpha value is -2.00. The van der Waals surface area contributed by atoms with Crippen molar-refractivity contribution in [3.63, 3.8) is 0 Å². The SMILES string of the molecule is Cc1cccc(CC(Cl)c2ccc3[nH]c(=O)oc3c2)c1. The summed E-state index contributed by atoms with van der Waals surface area (Å²) in [5.41, 5.74) is 4.60. The van der Waals surface area contributed by atoms with Crippen molar-refractivity contribution in [2.45, 2.75) is 18.7 Å². The van der Waals surface area contributed by atoms with E-state index >= 15 is 0 Å². The first-order valence-corrected chi connectivity index (χ1v) is 6.88. The molecule has 1 unspecified atom stereocenters. The van der Waals surface area contributed by atoms with Crippen LogP contribution < -0.4 is 5.76 Å². The molecule has 0 radical (unpaired) electrons. The van der Waals surface area contributed by atoms with Gasteiger partial charge in [-0.15, -0.1) is 11.6 Å². The predicted octanol–water partition coefficient (Wildman–Crippen LogP) is 3.95. The van der Waals surface area contributed by atoms with E-state index in [2.05, 4.69) is 30.1 Å². The molecular weight excluding hydrogens is 274 g/mol. The zero-order valence-corrected chi connectivity index (χ0v) is 11.8. The van der Waals surface area contributed by atoms with Gasteiger partial charge in [-0.2, -0.15) is 0 Å². The van der Waals surface area contributed by atoms with E-state index in [0.717, 1.165) is 12.0 Å². The molecule has 3 nitrogen and oxygen atoms in total. The molecule has 1 atom stereocenters. The number of oxazole rings is 1. The minimum absolute atomic E-state index is 0.151. The van der Waals surface area contributed by atoms with Crippen molar-refractivity contribution in [2.24, 2.45) is 0 Å². The van der Waals surface area contributed by atoms with E-state index in [0.29, 0.717) is 11.1 Å². The Morgan fingerprint density at radius 2 is 2.10 bits per heavy atom. The van der Waals surface area contributed by atoms with Gasteiger partial charge in [0.25, 0.3) is 0 Å². The van der Waals surface area contributed by atoms with Gasteiger partial charge in [0.2, 0.25) is 0 Å². The molecule has 0 spiro atoms. The van der Waals surface area contributed by atoms with E-state index in [-0.39, 0.29) is 5.38 Å². The van der Waals surface area contributed by atoms with Gasteiger partial charge < -0.3 is 4.42 Å². The second kappa shape index (κ2) is 5.17. The van der Waals surface area contributed by atoms with Crippen LogP contribution in [0.15, 0.2) is 51.7 Å². The zero-order valence-electron chi connectivity index (χ0n) is 11.0. The van der Waals surface area contributed by atoms with E-state index in [1.807, 2.05) is 24.3 Å². The van der Waals surface area contributed by atoms with Gasteiger partial charge in [0.05, 0.1) is 10.9 Å². The molecule has 20 heavy (non-hydrogen) atoms. The van der Waals surface area contributed by atoms with E-state index in [4.69, 9.17) is 16.0 Å². The highest BCUT2D eigenvalue weighted by atomic mass is 35.5. The third-order valence-electron chi connectivity index (χ3n) is 3.30. The average Bonchev–Trinajstić information content (AvgIpc) is 2.77. The Kier molecular flexibility index (Phi) is 3.36. The molecule has 3 aromatic rings. The van der Waals surface area contributed by atoms with E-state index < -0.39 is 5.76 Å². The van der Waals surface area contributed by atoms with Crippen LogP contribution in [0, 0.1) is 6.92 Å². The molecule has 0 bridgehead atoms. The summed E-state index contributed by atoms with van der Waals surface area (Å²) in [7, 11) is 0. The minimum atomic E-state index is -0.443. The van der Waals surface area contributed by atoms with E-state index in [1.165, 1.54) is 11.1 Å². The molecule has 0 saturated carbocycles. The van der Waals surface area contributed by atoms with Crippen LogP contribution in [-0.2, 0) is 6.42 Å². The molecule has 1 N–H and O–H groups in total. The molecule has 1 aromatic heterocycles. The number of halogens is 1. The van der Waals surface area contributed by atoms with E-state index in [1.54, 1.807) is 0 Å². The molecule has 0 aliphatic rings. The number of benzene rings is 2. The van der Waals surface area contributed by atoms with Gasteiger partial charge in [-0.25, -0.2) is 4.79 Å². The third-order valence-corrected chi connectivity index (χ3v) is 3.71. The Balaban J connectivity index is 1.88. The maximum Gasteiger partial charge on any atom is 0.417 e. The Labute approximate surface area is 121 Å². The zero-order chi connectivity index (χ0) is 14.1. The molecule has 0 aliphatic heterocycles. The number of aryl methyl sites for hydroxylation is 1. The van der Waals surface area contributed by atoms with Crippen molar-refractivity contribution >= 4 is 22.7 Å². The molecule has 102 valence electrons. The number of H-pyrrole nitrogens is 1. The van der Waals surface area contributed by atoms with Crippen LogP contribution in [0.4, 0.5) is 0 Å². The van der Waals surface area contributed by atoms with Crippen molar-refractivity contribution in [2.75, 3.05) is 0 Å². The molecule has 0 amide bonds. The van der Waals surface area contributed by atoms with Gasteiger partial charge >= 0.3 is 5.76 Å². The highest BCUT2D eigenvalue weighted by Gasteiger charge is 2.11. The molecule has 3 rings (SSSR count). The van der Waals surface area contributed by atoms with Gasteiger partial charge in [0.1, 0.15) is 0 Å². The number of rotatable bonds is 3. The standard InChI is InChI=1S/C16H14ClNO2/c1-10-3-2-4-11(7-10)8-13(17)12-5-6-14-15(9-12)20-16(19)18-14/h2-7,9,13H,8H2,1H3,(H,18,19). The molecular formula is C16H14ClNO2. The first-order valence-electron chi connectivity index (χ1n) is 6.44. The Bertz CT molecular complexity index is 803. The van der Waals surface area contributed by atoms with Crippen molar-refractivity contribution in [1.82, 2.24) is 4.98 Å². The first kappa shape index (κ1) is 13.0. The molecule has 4 heteroatoms. The van der Waals surface area contributed by atoms with Gasteiger partial charge in [-0.3, -0.25) is 4.98 Å². The lowest BCUT2D eigenvalue weighted by Gasteiger charge is -2.10. The summed E-state index contributed by atoms with van der Waals surface area (Å²) in [6.45, 7) is 2.06. The number of aromatic nitrogens is 1. The summed E-state index contributed by atoms with van der Waals surface area (Å²) in [5, 5.41) is -0.151. The minimum Gasteiger partial charge on any atom is -0.408 e. The molecule has 0 saturated heterocycles. The summed E-state index contributed by atoms with van der Waals surface area (Å²) < 4.78 is 5.06. The molecule has 0 aliphatic carbocycles. The average molecular weight is 288 g/mol. The molecule has 0 fully saturated rings. The van der Waals surface area contributed by atoms with Crippen molar-refractivity contribution in [1.29, 1.82) is 0 Å². The quantitative estimate of drug-likeness (QED) is 0.741. The lowest BCUT2D eigenvalue weighted by Crippen LogP contribution is -1.96. The smallest absolute Gasteiger partial charge is 0.408 e. The predicted molar refractivity (Wildman–Crippen MR) is 80.3 cm³/mol. The van der Waals surface area contributed by atoms with Gasteiger partial charge in [0.15, 0.2) is 5.58 Å². The summed E-state index contributed by atoms with van der Waals surface area (Å²) in [5.74, 6) is -0.443. The number of hydrogen-bond donors (Lipinski definition) is 1. The summed E-state index contributed by atoms with van der Waals surface area (Å²) in [6, 6.07) is 13.8. The second-order valence-corrected chi connectivity index (χ2v) is 5.46. The van der Waals surface area contributed by atoms with Crippen LogP contribution in [0.3, 0.4) is 0 Å². The molecule has 2 aromatic carbocycles. The van der Waals surface area contributed by atoms with Crippen molar-refractivity contribution in [3.05, 3.63) is 69.7 Å². The monoisotopic (exact) mass is 287 g/mol. The van der Waals surface area contributed by atoms with Crippen LogP contribution in [0.25, 0.3) is 11.1 Å². The van der Waals surface area contributed by atoms with Crippen LogP contribution in [0.2, 0.25) is 0 Å². The third kappa shape index (κ3) is 2.63. The largest absolute Gasteiger partial charge is 0.417 e. The fourth-order valence-electron chi connectivity index (χ4n) is 2.32. The highest BCUT2D eigenvalue weighted by molar-refractivity contribution is 6.21. The fourth-order valence-corrected chi connectivity index (χ4v) is 2.63. The number of alkyl halides is 1. The lowest BCUT2D eigenvalue weighted by molar-refractivity contribution is 0.555. The van der Waals surface area contributed by atoms with Crippen LogP contribution in [0.5, 0.6) is 0 Å². The first-order chi connectivity index (χ1) is 9.61. The van der Waals surface area contributed by atoms with Crippen LogP contribution in [-0.4, -0.2) is 4.98 Å². The van der Waals surface area contributed by atoms with Crippen LogP contribution in [0.1, 0.15) is 22.1 Å². The fraction of sp³-hybridized carbons (Fsp3) is 0.188. The summed E-state index contributed by atoms with van der Waals surface area (Å²) >= 11 is 6.47. The van der Waals surface area contributed by atoms with Gasteiger partial charge in [-0.05, 0) is 36.6 Å². The second-order valence-electron chi connectivity index (χ2n) is 4.93. The topological polar surface area (TPSA) is 46.0 Å². The van der Waals surface area contributed by atoms with E-state index in [9.17, 15) is 4.79 Å². The van der Waals surface area contributed by atoms with Crippen LogP contribution >= 0.6 is 11.6 Å². The Morgan fingerprint density at radius 1 is 1.25 bits per heavy atom. The van der Waals surface area contributed by atoms with Crippen molar-refractivity contribution < 1.29 is 4.42 Å². The lowest BCUT2D eigenvalue weighted by atomic mass is 10.0. The summed E-state index contributed by atoms with van der Waals surface area (Å²) in [6.07, 6.45) is 0.739. The number of hydrogen-bond acceptors (Lipinski definition) is 2. The number of fused-ring (bicyclic) bond motifs is 1. The number of aromatic amines is 1.